The first-order valence-electron chi connectivity index (χ1n) is 8.55. The van der Waals surface area contributed by atoms with Gasteiger partial charge >= 0.3 is 0 Å². The summed E-state index contributed by atoms with van der Waals surface area (Å²) < 4.78 is 0. The molecule has 0 aliphatic rings. The highest BCUT2D eigenvalue weighted by Gasteiger charge is 2.15. The highest BCUT2D eigenvalue weighted by atomic mass is 35.5. The molecule has 4 nitrogen and oxygen atoms in total. The molecule has 2 amide bonds. The molecule has 0 bridgehead atoms. The van der Waals surface area contributed by atoms with Crippen LogP contribution in [0.15, 0.2) is 42.5 Å². The van der Waals surface area contributed by atoms with Crippen molar-refractivity contribution in [3.63, 3.8) is 0 Å². The summed E-state index contributed by atoms with van der Waals surface area (Å²) in [5.74, 6) is -0.408. The molecule has 0 unspecified atom stereocenters. The Morgan fingerprint density at radius 3 is 2.35 bits per heavy atom. The Hall–Kier alpha value is -2.04. The predicted molar refractivity (Wildman–Crippen MR) is 107 cm³/mol. The topological polar surface area (TPSA) is 58.2 Å². The molecule has 0 fully saturated rings. The van der Waals surface area contributed by atoms with Crippen LogP contribution >= 0.6 is 23.2 Å². The van der Waals surface area contributed by atoms with Crippen molar-refractivity contribution in [3.8, 4) is 0 Å². The fourth-order valence-corrected chi connectivity index (χ4v) is 3.00. The molecule has 2 aromatic carbocycles. The molecular formula is C20H22Cl2N2O2. The van der Waals surface area contributed by atoms with Crippen LogP contribution in [0.3, 0.4) is 0 Å². The van der Waals surface area contributed by atoms with Crippen LogP contribution in [-0.4, -0.2) is 17.9 Å². The summed E-state index contributed by atoms with van der Waals surface area (Å²) in [5.41, 5.74) is 1.68. The van der Waals surface area contributed by atoms with E-state index in [1.807, 2.05) is 13.8 Å². The lowest BCUT2D eigenvalue weighted by atomic mass is 10.1. The van der Waals surface area contributed by atoms with Gasteiger partial charge < -0.3 is 10.6 Å². The Labute approximate surface area is 163 Å². The first-order chi connectivity index (χ1) is 12.4. The van der Waals surface area contributed by atoms with Gasteiger partial charge in [0.15, 0.2) is 0 Å². The number of amides is 2. The number of hydrogen-bond donors (Lipinski definition) is 2. The Balaban J connectivity index is 2.04. The summed E-state index contributed by atoms with van der Waals surface area (Å²) in [6.07, 6.45) is 1.47. The SMILES string of the molecule is CC[C@H](C)NC(=O)c1ccccc1NC(=O)CCc1c(Cl)cccc1Cl. The number of halogens is 2. The maximum absolute atomic E-state index is 12.4. The van der Waals surface area contributed by atoms with Crippen molar-refractivity contribution in [1.82, 2.24) is 5.32 Å². The molecule has 0 saturated carbocycles. The van der Waals surface area contributed by atoms with Gasteiger partial charge in [0.2, 0.25) is 5.91 Å². The molecule has 0 aromatic heterocycles. The van der Waals surface area contributed by atoms with Crippen molar-refractivity contribution in [2.45, 2.75) is 39.2 Å². The summed E-state index contributed by atoms with van der Waals surface area (Å²) in [6, 6.07) is 12.3. The molecule has 0 saturated heterocycles. The molecule has 2 N–H and O–H groups in total. The second-order valence-electron chi connectivity index (χ2n) is 6.08. The van der Waals surface area contributed by atoms with E-state index in [1.165, 1.54) is 0 Å². The number of anilines is 1. The van der Waals surface area contributed by atoms with Crippen molar-refractivity contribution in [2.24, 2.45) is 0 Å². The van der Waals surface area contributed by atoms with Crippen LogP contribution in [0.5, 0.6) is 0 Å². The molecular weight excluding hydrogens is 371 g/mol. The molecule has 2 rings (SSSR count). The maximum Gasteiger partial charge on any atom is 0.253 e. The van der Waals surface area contributed by atoms with Crippen LogP contribution in [0.1, 0.15) is 42.6 Å². The van der Waals surface area contributed by atoms with Gasteiger partial charge in [0.25, 0.3) is 5.91 Å². The summed E-state index contributed by atoms with van der Waals surface area (Å²) in [4.78, 5) is 24.7. The smallest absolute Gasteiger partial charge is 0.253 e. The van der Waals surface area contributed by atoms with Crippen molar-refractivity contribution in [3.05, 3.63) is 63.6 Å². The van der Waals surface area contributed by atoms with Gasteiger partial charge in [0.05, 0.1) is 11.3 Å². The number of carbonyl (C=O) groups is 2. The van der Waals surface area contributed by atoms with Crippen LogP contribution in [-0.2, 0) is 11.2 Å². The second-order valence-corrected chi connectivity index (χ2v) is 6.89. The van der Waals surface area contributed by atoms with E-state index in [-0.39, 0.29) is 24.3 Å². The lowest BCUT2D eigenvalue weighted by Gasteiger charge is -2.15. The van der Waals surface area contributed by atoms with Crippen LogP contribution in [0.25, 0.3) is 0 Å². The lowest BCUT2D eigenvalue weighted by Crippen LogP contribution is -2.32. The third-order valence-corrected chi connectivity index (χ3v) is 4.81. The van der Waals surface area contributed by atoms with Crippen molar-refractivity contribution >= 4 is 40.7 Å². The largest absolute Gasteiger partial charge is 0.350 e. The van der Waals surface area contributed by atoms with E-state index < -0.39 is 0 Å². The number of nitrogens with one attached hydrogen (secondary N) is 2. The van der Waals surface area contributed by atoms with E-state index >= 15 is 0 Å². The Kier molecular flexibility index (Phi) is 7.49. The minimum absolute atomic E-state index is 0.0635. The van der Waals surface area contributed by atoms with E-state index in [0.717, 1.165) is 12.0 Å². The standard InChI is InChI=1S/C20H22Cl2N2O2/c1-3-13(2)23-20(26)15-7-4-5-10-18(15)24-19(25)12-11-14-16(21)8-6-9-17(14)22/h4-10,13H,3,11-12H2,1-2H3,(H,23,26)(H,24,25)/t13-/m0/s1. The maximum atomic E-state index is 12.4. The number of para-hydroxylation sites is 1. The number of hydrogen-bond acceptors (Lipinski definition) is 2. The predicted octanol–water partition coefficient (Wildman–Crippen LogP) is 5.09. The fourth-order valence-electron chi connectivity index (χ4n) is 2.42. The van der Waals surface area contributed by atoms with Gasteiger partial charge in [-0.25, -0.2) is 0 Å². The molecule has 0 aliphatic carbocycles. The van der Waals surface area contributed by atoms with Gasteiger partial charge in [-0.1, -0.05) is 48.3 Å². The van der Waals surface area contributed by atoms with Crippen molar-refractivity contribution < 1.29 is 9.59 Å². The zero-order valence-corrected chi connectivity index (χ0v) is 16.3. The number of rotatable bonds is 7. The zero-order valence-electron chi connectivity index (χ0n) is 14.8. The van der Waals surface area contributed by atoms with E-state index in [9.17, 15) is 9.59 Å². The van der Waals surface area contributed by atoms with Crippen LogP contribution in [0.2, 0.25) is 10.0 Å². The average Bonchev–Trinajstić information content (AvgIpc) is 2.61. The van der Waals surface area contributed by atoms with Gasteiger partial charge in [-0.2, -0.15) is 0 Å². The molecule has 26 heavy (non-hydrogen) atoms. The van der Waals surface area contributed by atoms with Crippen molar-refractivity contribution in [2.75, 3.05) is 5.32 Å². The Morgan fingerprint density at radius 2 is 1.69 bits per heavy atom. The van der Waals surface area contributed by atoms with Crippen molar-refractivity contribution in [1.29, 1.82) is 0 Å². The van der Waals surface area contributed by atoms with E-state index in [2.05, 4.69) is 10.6 Å². The molecule has 6 heteroatoms. The quantitative estimate of drug-likeness (QED) is 0.688. The first kappa shape index (κ1) is 20.3. The van der Waals surface area contributed by atoms with Crippen LogP contribution in [0, 0.1) is 0 Å². The highest BCUT2D eigenvalue weighted by Crippen LogP contribution is 2.25. The van der Waals surface area contributed by atoms with Crippen LogP contribution in [0.4, 0.5) is 5.69 Å². The molecule has 0 aliphatic heterocycles. The van der Waals surface area contributed by atoms with Gasteiger partial charge in [-0.3, -0.25) is 9.59 Å². The number of carbonyl (C=O) groups excluding carboxylic acids is 2. The molecule has 0 radical (unpaired) electrons. The molecule has 0 spiro atoms. The first-order valence-corrected chi connectivity index (χ1v) is 9.30. The molecule has 0 heterocycles. The highest BCUT2D eigenvalue weighted by molar-refractivity contribution is 6.36. The average molecular weight is 393 g/mol. The monoisotopic (exact) mass is 392 g/mol. The van der Waals surface area contributed by atoms with Gasteiger partial charge in [-0.05, 0) is 49.6 Å². The molecule has 2 aromatic rings. The summed E-state index contributed by atoms with van der Waals surface area (Å²) in [5, 5.41) is 6.79. The van der Waals surface area contributed by atoms with Crippen LogP contribution < -0.4 is 10.6 Å². The van der Waals surface area contributed by atoms with E-state index in [4.69, 9.17) is 23.2 Å². The molecule has 1 atom stereocenters. The Morgan fingerprint density at radius 1 is 1.04 bits per heavy atom. The van der Waals surface area contributed by atoms with E-state index in [1.54, 1.807) is 42.5 Å². The zero-order chi connectivity index (χ0) is 19.1. The minimum atomic E-state index is -0.204. The van der Waals surface area contributed by atoms with Gasteiger partial charge in [0, 0.05) is 22.5 Å². The fraction of sp³-hybridized carbons (Fsp3) is 0.300. The molecule has 138 valence electrons. The third kappa shape index (κ3) is 5.48. The normalized spacial score (nSPS) is 11.7. The minimum Gasteiger partial charge on any atom is -0.350 e. The van der Waals surface area contributed by atoms with Gasteiger partial charge in [-0.15, -0.1) is 0 Å². The third-order valence-electron chi connectivity index (χ3n) is 4.10. The Bertz CT molecular complexity index is 773. The number of benzene rings is 2. The van der Waals surface area contributed by atoms with Gasteiger partial charge in [0.1, 0.15) is 0 Å². The second kappa shape index (κ2) is 9.60. The summed E-state index contributed by atoms with van der Waals surface area (Å²) in [7, 11) is 0. The summed E-state index contributed by atoms with van der Waals surface area (Å²) >= 11 is 12.3. The van der Waals surface area contributed by atoms with E-state index in [0.29, 0.717) is 27.7 Å². The summed E-state index contributed by atoms with van der Waals surface area (Å²) in [6.45, 7) is 3.94. The lowest BCUT2D eigenvalue weighted by molar-refractivity contribution is -0.116.